The highest BCUT2D eigenvalue weighted by molar-refractivity contribution is 5.53. The van der Waals surface area contributed by atoms with Crippen molar-refractivity contribution >= 4 is 5.69 Å². The molecule has 0 spiro atoms. The van der Waals surface area contributed by atoms with Crippen LogP contribution in [0.15, 0.2) is 65.3 Å². The van der Waals surface area contributed by atoms with Crippen molar-refractivity contribution in [2.45, 2.75) is 13.0 Å². The van der Waals surface area contributed by atoms with Crippen LogP contribution in [0, 0.1) is 17.1 Å². The highest BCUT2D eigenvalue weighted by atomic mass is 19.1. The molecule has 24 heavy (non-hydrogen) atoms. The number of halogens is 1. The molecule has 0 N–H and O–H groups in total. The molecule has 2 aromatic carbocycles. The van der Waals surface area contributed by atoms with Crippen molar-refractivity contribution in [2.75, 3.05) is 11.4 Å². The van der Waals surface area contributed by atoms with Crippen molar-refractivity contribution in [2.24, 2.45) is 0 Å². The Bertz CT molecular complexity index is 822. The third-order valence-electron chi connectivity index (χ3n) is 3.61. The molecule has 0 radical (unpaired) electrons. The summed E-state index contributed by atoms with van der Waals surface area (Å²) in [6.07, 6.45) is 2.03. The summed E-state index contributed by atoms with van der Waals surface area (Å²) in [5.74, 6) is 0.163. The van der Waals surface area contributed by atoms with Gasteiger partial charge in [0.25, 0.3) is 0 Å². The van der Waals surface area contributed by atoms with Gasteiger partial charge in [-0.15, -0.1) is 0 Å². The fourth-order valence-corrected chi connectivity index (χ4v) is 2.42. The molecule has 5 heteroatoms. The van der Waals surface area contributed by atoms with Crippen LogP contribution < -0.4 is 4.90 Å². The Labute approximate surface area is 139 Å². The summed E-state index contributed by atoms with van der Waals surface area (Å²) in [6.45, 7) is 1.15. The molecule has 0 atom stereocenters. The summed E-state index contributed by atoms with van der Waals surface area (Å²) >= 11 is 0. The number of nitrogens with zero attached hydrogens (tertiary/aromatic N) is 3. The highest BCUT2D eigenvalue weighted by Crippen LogP contribution is 2.21. The van der Waals surface area contributed by atoms with E-state index in [0.29, 0.717) is 25.4 Å². The van der Waals surface area contributed by atoms with E-state index in [9.17, 15) is 4.39 Å². The standard InChI is InChI=1S/C19H16FN3O/c20-16-9-7-15(8-10-16)19-22-17(14-24-19)13-23(12-4-11-21)18-5-2-1-3-6-18/h1-3,5-10,14H,4,12-13H2. The summed E-state index contributed by atoms with van der Waals surface area (Å²) in [6, 6.07) is 18.1. The monoisotopic (exact) mass is 321 g/mol. The van der Waals surface area contributed by atoms with Gasteiger partial charge in [0.05, 0.1) is 24.7 Å². The quantitative estimate of drug-likeness (QED) is 0.675. The van der Waals surface area contributed by atoms with Gasteiger partial charge in [-0.25, -0.2) is 9.37 Å². The van der Waals surface area contributed by atoms with E-state index in [0.717, 1.165) is 16.9 Å². The summed E-state index contributed by atoms with van der Waals surface area (Å²) in [7, 11) is 0. The first-order valence-electron chi connectivity index (χ1n) is 7.63. The lowest BCUT2D eigenvalue weighted by Gasteiger charge is -2.22. The average molecular weight is 321 g/mol. The summed E-state index contributed by atoms with van der Waals surface area (Å²) in [5.41, 5.74) is 2.51. The number of hydrogen-bond acceptors (Lipinski definition) is 4. The molecule has 0 aliphatic carbocycles. The van der Waals surface area contributed by atoms with Crippen LogP contribution in [-0.2, 0) is 6.54 Å². The Balaban J connectivity index is 1.78. The molecule has 0 fully saturated rings. The Morgan fingerprint density at radius 2 is 1.83 bits per heavy atom. The number of oxazole rings is 1. The van der Waals surface area contributed by atoms with Gasteiger partial charge in [-0.1, -0.05) is 18.2 Å². The normalized spacial score (nSPS) is 10.3. The number of benzene rings is 2. The maximum absolute atomic E-state index is 13.0. The van der Waals surface area contributed by atoms with Crippen LogP contribution in [0.25, 0.3) is 11.5 Å². The van der Waals surface area contributed by atoms with Gasteiger partial charge in [-0.3, -0.25) is 0 Å². The first-order valence-corrected chi connectivity index (χ1v) is 7.63. The van der Waals surface area contributed by atoms with E-state index in [4.69, 9.17) is 9.68 Å². The van der Waals surface area contributed by atoms with Crippen LogP contribution in [0.2, 0.25) is 0 Å². The average Bonchev–Trinajstić information content (AvgIpc) is 3.08. The fourth-order valence-electron chi connectivity index (χ4n) is 2.42. The maximum atomic E-state index is 13.0. The van der Waals surface area contributed by atoms with E-state index < -0.39 is 0 Å². The molecule has 0 saturated heterocycles. The van der Waals surface area contributed by atoms with Gasteiger partial charge in [-0.05, 0) is 36.4 Å². The van der Waals surface area contributed by atoms with Crippen molar-refractivity contribution in [3.63, 3.8) is 0 Å². The van der Waals surface area contributed by atoms with E-state index in [2.05, 4.69) is 16.0 Å². The largest absolute Gasteiger partial charge is 0.444 e. The van der Waals surface area contributed by atoms with Crippen molar-refractivity contribution in [1.82, 2.24) is 4.98 Å². The zero-order valence-electron chi connectivity index (χ0n) is 13.0. The molecule has 4 nitrogen and oxygen atoms in total. The second-order valence-electron chi connectivity index (χ2n) is 5.32. The van der Waals surface area contributed by atoms with Crippen LogP contribution >= 0.6 is 0 Å². The minimum absolute atomic E-state index is 0.294. The summed E-state index contributed by atoms with van der Waals surface area (Å²) < 4.78 is 18.5. The zero-order valence-corrected chi connectivity index (χ0v) is 13.0. The second-order valence-corrected chi connectivity index (χ2v) is 5.32. The third kappa shape index (κ3) is 3.79. The molecule has 3 rings (SSSR count). The van der Waals surface area contributed by atoms with Gasteiger partial charge < -0.3 is 9.32 Å². The molecule has 0 bridgehead atoms. The zero-order chi connectivity index (χ0) is 16.8. The van der Waals surface area contributed by atoms with Gasteiger partial charge in [-0.2, -0.15) is 5.26 Å². The topological polar surface area (TPSA) is 53.1 Å². The van der Waals surface area contributed by atoms with Crippen LogP contribution in [0.1, 0.15) is 12.1 Å². The Kier molecular flexibility index (Phi) is 4.87. The van der Waals surface area contributed by atoms with E-state index in [1.54, 1.807) is 18.4 Å². The van der Waals surface area contributed by atoms with Crippen molar-refractivity contribution in [1.29, 1.82) is 5.26 Å². The molecule has 0 saturated carbocycles. The van der Waals surface area contributed by atoms with E-state index in [1.165, 1.54) is 12.1 Å². The van der Waals surface area contributed by atoms with Gasteiger partial charge in [0.2, 0.25) is 5.89 Å². The number of para-hydroxylation sites is 1. The number of aromatic nitrogens is 1. The Morgan fingerprint density at radius 3 is 2.54 bits per heavy atom. The lowest BCUT2D eigenvalue weighted by molar-refractivity contribution is 0.571. The van der Waals surface area contributed by atoms with Crippen LogP contribution in [0.4, 0.5) is 10.1 Å². The van der Waals surface area contributed by atoms with Crippen molar-refractivity contribution in [3.05, 3.63) is 72.4 Å². The van der Waals surface area contributed by atoms with Crippen molar-refractivity contribution in [3.8, 4) is 17.5 Å². The number of anilines is 1. The SMILES string of the molecule is N#CCCN(Cc1coc(-c2ccc(F)cc2)n1)c1ccccc1. The lowest BCUT2D eigenvalue weighted by Crippen LogP contribution is -2.23. The third-order valence-corrected chi connectivity index (χ3v) is 3.61. The molecule has 1 heterocycles. The molecular formula is C19H16FN3O. The van der Waals surface area contributed by atoms with E-state index in [1.807, 2.05) is 30.3 Å². The second kappa shape index (κ2) is 7.42. The predicted molar refractivity (Wildman–Crippen MR) is 89.6 cm³/mol. The fraction of sp³-hybridized carbons (Fsp3) is 0.158. The predicted octanol–water partition coefficient (Wildman–Crippen LogP) is 4.40. The first-order chi connectivity index (χ1) is 11.8. The van der Waals surface area contributed by atoms with Gasteiger partial charge in [0, 0.05) is 17.8 Å². The molecule has 0 unspecified atom stereocenters. The molecule has 0 aliphatic heterocycles. The van der Waals surface area contributed by atoms with Gasteiger partial charge in [0.15, 0.2) is 0 Å². The van der Waals surface area contributed by atoms with Crippen LogP contribution in [-0.4, -0.2) is 11.5 Å². The van der Waals surface area contributed by atoms with Crippen LogP contribution in [0.3, 0.4) is 0 Å². The number of rotatable bonds is 6. The first kappa shape index (κ1) is 15.8. The molecule has 0 aliphatic rings. The smallest absolute Gasteiger partial charge is 0.226 e. The summed E-state index contributed by atoms with van der Waals surface area (Å²) in [4.78, 5) is 6.55. The minimum Gasteiger partial charge on any atom is -0.444 e. The number of hydrogen-bond donors (Lipinski definition) is 0. The minimum atomic E-state index is -0.294. The number of nitriles is 1. The Morgan fingerprint density at radius 1 is 1.08 bits per heavy atom. The molecule has 3 aromatic rings. The molecular weight excluding hydrogens is 305 g/mol. The lowest BCUT2D eigenvalue weighted by atomic mass is 10.2. The Hall–Kier alpha value is -3.13. The molecule has 1 aromatic heterocycles. The van der Waals surface area contributed by atoms with Gasteiger partial charge >= 0.3 is 0 Å². The van der Waals surface area contributed by atoms with E-state index in [-0.39, 0.29) is 5.82 Å². The summed E-state index contributed by atoms with van der Waals surface area (Å²) in [5, 5.41) is 8.86. The highest BCUT2D eigenvalue weighted by Gasteiger charge is 2.12. The molecule has 0 amide bonds. The van der Waals surface area contributed by atoms with E-state index >= 15 is 0 Å². The van der Waals surface area contributed by atoms with Crippen molar-refractivity contribution < 1.29 is 8.81 Å². The van der Waals surface area contributed by atoms with Crippen LogP contribution in [0.5, 0.6) is 0 Å². The molecule has 120 valence electrons. The maximum Gasteiger partial charge on any atom is 0.226 e. The van der Waals surface area contributed by atoms with Gasteiger partial charge in [0.1, 0.15) is 12.1 Å².